The minimum absolute atomic E-state index is 1.05. The zero-order valence-corrected chi connectivity index (χ0v) is 10.8. The minimum atomic E-state index is 1.05. The van der Waals surface area contributed by atoms with Crippen LogP contribution in [0.5, 0.6) is 0 Å². The Morgan fingerprint density at radius 1 is 0.944 bits per heavy atom. The summed E-state index contributed by atoms with van der Waals surface area (Å²) in [5, 5.41) is 1.08. The van der Waals surface area contributed by atoms with Gasteiger partial charge < -0.3 is 0 Å². The SMILES string of the molecule is Cc1nc(-c2ccccc2)c(-c2cccnc2)s1. The van der Waals surface area contributed by atoms with Crippen molar-refractivity contribution >= 4 is 11.3 Å². The summed E-state index contributed by atoms with van der Waals surface area (Å²) in [6.45, 7) is 2.04. The van der Waals surface area contributed by atoms with E-state index in [2.05, 4.69) is 28.2 Å². The van der Waals surface area contributed by atoms with Crippen molar-refractivity contribution in [3.8, 4) is 21.7 Å². The number of aromatic nitrogens is 2. The molecule has 0 radical (unpaired) electrons. The highest BCUT2D eigenvalue weighted by Gasteiger charge is 2.12. The Labute approximate surface area is 110 Å². The molecular weight excluding hydrogens is 240 g/mol. The van der Waals surface area contributed by atoms with Crippen LogP contribution in [-0.4, -0.2) is 9.97 Å². The van der Waals surface area contributed by atoms with Crippen LogP contribution in [0.1, 0.15) is 5.01 Å². The number of thiazole rings is 1. The van der Waals surface area contributed by atoms with Gasteiger partial charge in [-0.2, -0.15) is 0 Å². The first kappa shape index (κ1) is 11.1. The predicted octanol–water partition coefficient (Wildman–Crippen LogP) is 4.18. The van der Waals surface area contributed by atoms with Crippen molar-refractivity contribution in [2.24, 2.45) is 0 Å². The molecular formula is C15H12N2S. The van der Waals surface area contributed by atoms with Gasteiger partial charge in [0.2, 0.25) is 0 Å². The molecule has 88 valence electrons. The lowest BCUT2D eigenvalue weighted by Crippen LogP contribution is -1.82. The van der Waals surface area contributed by atoms with Crippen molar-refractivity contribution in [1.29, 1.82) is 0 Å². The Balaban J connectivity index is 2.17. The lowest BCUT2D eigenvalue weighted by atomic mass is 10.1. The molecule has 2 aromatic heterocycles. The van der Waals surface area contributed by atoms with E-state index in [0.29, 0.717) is 0 Å². The monoisotopic (exact) mass is 252 g/mol. The number of pyridine rings is 1. The third kappa shape index (κ3) is 2.05. The Hall–Kier alpha value is -2.00. The number of hydrogen-bond donors (Lipinski definition) is 0. The highest BCUT2D eigenvalue weighted by molar-refractivity contribution is 7.15. The second-order valence-corrected chi connectivity index (χ2v) is 5.22. The molecule has 0 aliphatic rings. The van der Waals surface area contributed by atoms with Crippen molar-refractivity contribution in [1.82, 2.24) is 9.97 Å². The van der Waals surface area contributed by atoms with Gasteiger partial charge in [0.1, 0.15) is 0 Å². The highest BCUT2D eigenvalue weighted by atomic mass is 32.1. The van der Waals surface area contributed by atoms with Gasteiger partial charge in [0, 0.05) is 23.5 Å². The molecule has 3 aromatic rings. The van der Waals surface area contributed by atoms with Crippen LogP contribution in [0, 0.1) is 6.92 Å². The predicted molar refractivity (Wildman–Crippen MR) is 75.5 cm³/mol. The summed E-state index contributed by atoms with van der Waals surface area (Å²) in [6, 6.07) is 14.3. The normalized spacial score (nSPS) is 10.5. The summed E-state index contributed by atoms with van der Waals surface area (Å²) >= 11 is 1.71. The summed E-state index contributed by atoms with van der Waals surface area (Å²) in [5.41, 5.74) is 3.33. The average Bonchev–Trinajstić information content (AvgIpc) is 2.83. The second-order valence-electron chi connectivity index (χ2n) is 4.02. The summed E-state index contributed by atoms with van der Waals surface area (Å²) in [4.78, 5) is 10.0. The first-order valence-corrected chi connectivity index (χ1v) is 6.59. The topological polar surface area (TPSA) is 25.8 Å². The van der Waals surface area contributed by atoms with Gasteiger partial charge in [0.25, 0.3) is 0 Å². The van der Waals surface area contributed by atoms with Crippen molar-refractivity contribution in [2.75, 3.05) is 0 Å². The molecule has 0 aliphatic carbocycles. The van der Waals surface area contributed by atoms with Gasteiger partial charge in [-0.05, 0) is 13.0 Å². The molecule has 2 nitrogen and oxygen atoms in total. The standard InChI is InChI=1S/C15H12N2S/c1-11-17-14(12-6-3-2-4-7-12)15(18-11)13-8-5-9-16-10-13/h2-10H,1H3. The molecule has 2 heterocycles. The van der Waals surface area contributed by atoms with Crippen LogP contribution in [-0.2, 0) is 0 Å². The summed E-state index contributed by atoms with van der Waals surface area (Å²) in [6.07, 6.45) is 3.68. The van der Waals surface area contributed by atoms with Gasteiger partial charge >= 0.3 is 0 Å². The van der Waals surface area contributed by atoms with Gasteiger partial charge in [-0.15, -0.1) is 11.3 Å². The molecule has 0 N–H and O–H groups in total. The maximum atomic E-state index is 4.65. The van der Waals surface area contributed by atoms with Crippen LogP contribution in [0.3, 0.4) is 0 Å². The quantitative estimate of drug-likeness (QED) is 0.683. The number of nitrogens with zero attached hydrogens (tertiary/aromatic N) is 2. The molecule has 0 atom stereocenters. The molecule has 0 saturated carbocycles. The fraction of sp³-hybridized carbons (Fsp3) is 0.0667. The first-order chi connectivity index (χ1) is 8.84. The Bertz CT molecular complexity index is 588. The number of hydrogen-bond acceptors (Lipinski definition) is 3. The van der Waals surface area contributed by atoms with Crippen molar-refractivity contribution in [3.05, 3.63) is 59.9 Å². The summed E-state index contributed by atoms with van der Waals surface area (Å²) in [5.74, 6) is 0. The molecule has 1 aromatic carbocycles. The fourth-order valence-electron chi connectivity index (χ4n) is 1.91. The van der Waals surface area contributed by atoms with E-state index in [9.17, 15) is 0 Å². The van der Waals surface area contributed by atoms with Crippen molar-refractivity contribution in [3.63, 3.8) is 0 Å². The fourth-order valence-corrected chi connectivity index (χ4v) is 2.84. The third-order valence-corrected chi connectivity index (χ3v) is 3.72. The number of aryl methyl sites for hydroxylation is 1. The van der Waals surface area contributed by atoms with E-state index in [4.69, 9.17) is 0 Å². The van der Waals surface area contributed by atoms with Crippen LogP contribution in [0.15, 0.2) is 54.9 Å². The van der Waals surface area contributed by atoms with Gasteiger partial charge in [-0.3, -0.25) is 4.98 Å². The molecule has 0 saturated heterocycles. The Morgan fingerprint density at radius 2 is 1.72 bits per heavy atom. The van der Waals surface area contributed by atoms with Gasteiger partial charge in [0.15, 0.2) is 0 Å². The molecule has 0 unspecified atom stereocenters. The largest absolute Gasteiger partial charge is 0.264 e. The van der Waals surface area contributed by atoms with Crippen LogP contribution in [0.2, 0.25) is 0 Å². The Morgan fingerprint density at radius 3 is 2.44 bits per heavy atom. The smallest absolute Gasteiger partial charge is 0.0908 e. The zero-order chi connectivity index (χ0) is 12.4. The van der Waals surface area contributed by atoms with Gasteiger partial charge in [0.05, 0.1) is 15.6 Å². The summed E-state index contributed by atoms with van der Waals surface area (Å²) < 4.78 is 0. The lowest BCUT2D eigenvalue weighted by molar-refractivity contribution is 1.29. The molecule has 0 aliphatic heterocycles. The first-order valence-electron chi connectivity index (χ1n) is 5.78. The van der Waals surface area contributed by atoms with Crippen LogP contribution >= 0.6 is 11.3 Å². The van der Waals surface area contributed by atoms with E-state index in [0.717, 1.165) is 21.8 Å². The molecule has 0 fully saturated rings. The van der Waals surface area contributed by atoms with Gasteiger partial charge in [-0.25, -0.2) is 4.98 Å². The summed E-state index contributed by atoms with van der Waals surface area (Å²) in [7, 11) is 0. The minimum Gasteiger partial charge on any atom is -0.264 e. The van der Waals surface area contributed by atoms with E-state index in [1.54, 1.807) is 17.5 Å². The van der Waals surface area contributed by atoms with Crippen molar-refractivity contribution in [2.45, 2.75) is 6.92 Å². The third-order valence-electron chi connectivity index (χ3n) is 2.71. The van der Waals surface area contributed by atoms with E-state index >= 15 is 0 Å². The Kier molecular flexibility index (Phi) is 2.90. The molecule has 0 bridgehead atoms. The maximum absolute atomic E-state index is 4.65. The van der Waals surface area contributed by atoms with Crippen LogP contribution in [0.4, 0.5) is 0 Å². The van der Waals surface area contributed by atoms with E-state index in [-0.39, 0.29) is 0 Å². The highest BCUT2D eigenvalue weighted by Crippen LogP contribution is 2.35. The molecule has 3 rings (SSSR count). The van der Waals surface area contributed by atoms with Crippen LogP contribution < -0.4 is 0 Å². The molecule has 3 heteroatoms. The number of rotatable bonds is 2. The maximum Gasteiger partial charge on any atom is 0.0908 e. The van der Waals surface area contributed by atoms with Crippen LogP contribution in [0.25, 0.3) is 21.7 Å². The molecule has 0 amide bonds. The van der Waals surface area contributed by atoms with E-state index in [1.807, 2.05) is 37.4 Å². The number of benzene rings is 1. The zero-order valence-electron chi connectivity index (χ0n) is 10.00. The van der Waals surface area contributed by atoms with Gasteiger partial charge in [-0.1, -0.05) is 36.4 Å². The second kappa shape index (κ2) is 4.70. The molecule has 18 heavy (non-hydrogen) atoms. The van der Waals surface area contributed by atoms with E-state index in [1.165, 1.54) is 4.88 Å². The molecule has 0 spiro atoms. The van der Waals surface area contributed by atoms with E-state index < -0.39 is 0 Å². The average molecular weight is 252 g/mol. The van der Waals surface area contributed by atoms with Crippen molar-refractivity contribution < 1.29 is 0 Å². The lowest BCUT2D eigenvalue weighted by Gasteiger charge is -2.01.